The predicted octanol–water partition coefficient (Wildman–Crippen LogP) is 5.53. The molecule has 7 nitrogen and oxygen atoms in total. The summed E-state index contributed by atoms with van der Waals surface area (Å²) in [6, 6.07) is 16.0. The van der Waals surface area contributed by atoms with Crippen molar-refractivity contribution in [3.05, 3.63) is 83.4 Å². The van der Waals surface area contributed by atoms with Crippen LogP contribution in [0.2, 0.25) is 0 Å². The van der Waals surface area contributed by atoms with Crippen LogP contribution in [-0.2, 0) is 21.4 Å². The number of amides is 1. The second-order valence-electron chi connectivity index (χ2n) is 9.42. The number of carbonyl (C=O) groups is 1. The lowest BCUT2D eigenvalue weighted by atomic mass is 9.96. The van der Waals surface area contributed by atoms with Crippen LogP contribution in [0.15, 0.2) is 65.6 Å². The number of thiazole rings is 1. The highest BCUT2D eigenvalue weighted by atomic mass is 32.2. The first-order valence-electron chi connectivity index (χ1n) is 12.4. The molecule has 0 spiro atoms. The highest BCUT2D eigenvalue weighted by Crippen LogP contribution is 2.38. The summed E-state index contributed by atoms with van der Waals surface area (Å²) in [5.74, 6) is -2.28. The molecule has 1 aromatic heterocycles. The van der Waals surface area contributed by atoms with Crippen molar-refractivity contribution in [1.29, 1.82) is 0 Å². The van der Waals surface area contributed by atoms with Gasteiger partial charge in [-0.2, -0.15) is 4.31 Å². The fourth-order valence-electron chi connectivity index (χ4n) is 4.73. The average Bonchev–Trinajstić information content (AvgIpc) is 3.40. The van der Waals surface area contributed by atoms with Crippen molar-refractivity contribution in [2.24, 2.45) is 5.92 Å². The lowest BCUT2D eigenvalue weighted by Gasteiger charge is -2.33. The Kier molecular flexibility index (Phi) is 7.66. The third-order valence-electron chi connectivity index (χ3n) is 6.92. The molecule has 1 aliphatic rings. The van der Waals surface area contributed by atoms with Gasteiger partial charge in [0.1, 0.15) is 11.3 Å². The van der Waals surface area contributed by atoms with Gasteiger partial charge in [0.2, 0.25) is 15.9 Å². The molecule has 1 amide bonds. The number of carbonyl (C=O) groups excluding carboxylic acids is 1. The molecule has 39 heavy (non-hydrogen) atoms. The number of halogens is 2. The molecule has 0 N–H and O–H groups in total. The van der Waals surface area contributed by atoms with Crippen molar-refractivity contribution >= 4 is 42.6 Å². The Labute approximate surface area is 229 Å². The van der Waals surface area contributed by atoms with E-state index in [1.165, 1.54) is 15.6 Å². The van der Waals surface area contributed by atoms with Crippen molar-refractivity contribution in [2.45, 2.75) is 31.2 Å². The monoisotopic (exact) mass is 571 g/mol. The number of piperidine rings is 1. The third-order valence-corrected chi connectivity index (χ3v) is 10.0. The second kappa shape index (κ2) is 11.0. The molecule has 2 heterocycles. The fourth-order valence-corrected chi connectivity index (χ4v) is 7.27. The normalized spacial score (nSPS) is 15.0. The summed E-state index contributed by atoms with van der Waals surface area (Å²) in [4.78, 5) is 20.1. The Morgan fingerprint density at radius 2 is 1.79 bits per heavy atom. The smallest absolute Gasteiger partial charge is 0.243 e. The van der Waals surface area contributed by atoms with Crippen molar-refractivity contribution in [3.63, 3.8) is 0 Å². The fraction of sp³-hybridized carbons (Fsp3) is 0.286. The van der Waals surface area contributed by atoms with E-state index in [-0.39, 0.29) is 23.9 Å². The molecule has 204 valence electrons. The van der Waals surface area contributed by atoms with Gasteiger partial charge >= 0.3 is 0 Å². The van der Waals surface area contributed by atoms with Gasteiger partial charge in [0.05, 0.1) is 23.2 Å². The number of benzene rings is 3. The lowest BCUT2D eigenvalue weighted by molar-refractivity contribution is -0.123. The van der Waals surface area contributed by atoms with Crippen LogP contribution in [0.25, 0.3) is 10.2 Å². The van der Waals surface area contributed by atoms with E-state index in [0.29, 0.717) is 41.9 Å². The zero-order valence-corrected chi connectivity index (χ0v) is 23.1. The van der Waals surface area contributed by atoms with E-state index in [2.05, 4.69) is 0 Å². The first kappa shape index (κ1) is 27.2. The van der Waals surface area contributed by atoms with Gasteiger partial charge in [0, 0.05) is 19.0 Å². The maximum Gasteiger partial charge on any atom is 0.243 e. The van der Waals surface area contributed by atoms with E-state index in [9.17, 15) is 22.0 Å². The van der Waals surface area contributed by atoms with E-state index in [0.717, 1.165) is 28.0 Å². The number of aromatic nitrogens is 1. The van der Waals surface area contributed by atoms with E-state index in [4.69, 9.17) is 9.72 Å². The van der Waals surface area contributed by atoms with E-state index < -0.39 is 27.6 Å². The minimum absolute atomic E-state index is 0.0870. The maximum atomic E-state index is 13.9. The summed E-state index contributed by atoms with van der Waals surface area (Å²) < 4.78 is 60.8. The molecule has 11 heteroatoms. The summed E-state index contributed by atoms with van der Waals surface area (Å²) in [6.45, 7) is 2.47. The molecule has 5 rings (SSSR count). The first-order chi connectivity index (χ1) is 18.7. The minimum Gasteiger partial charge on any atom is -0.494 e. The summed E-state index contributed by atoms with van der Waals surface area (Å²) in [7, 11) is -2.44. The molecule has 0 aliphatic carbocycles. The number of fused-ring (bicyclic) bond motifs is 1. The number of ether oxygens (including phenoxy) is 1. The Bertz CT molecular complexity index is 1620. The van der Waals surface area contributed by atoms with Crippen LogP contribution in [0.5, 0.6) is 5.75 Å². The molecule has 0 unspecified atom stereocenters. The van der Waals surface area contributed by atoms with Crippen molar-refractivity contribution in [1.82, 2.24) is 9.29 Å². The first-order valence-corrected chi connectivity index (χ1v) is 14.7. The van der Waals surface area contributed by atoms with Crippen molar-refractivity contribution < 1.29 is 26.7 Å². The molecule has 0 saturated carbocycles. The molecular weight excluding hydrogens is 544 g/mol. The Morgan fingerprint density at radius 3 is 2.46 bits per heavy atom. The van der Waals surface area contributed by atoms with Crippen LogP contribution in [0.4, 0.5) is 13.9 Å². The van der Waals surface area contributed by atoms with Gasteiger partial charge < -0.3 is 4.74 Å². The van der Waals surface area contributed by atoms with Gasteiger partial charge in [-0.15, -0.1) is 0 Å². The lowest BCUT2D eigenvalue weighted by Crippen LogP contribution is -2.44. The Hall–Kier alpha value is -3.41. The number of hydrogen-bond donors (Lipinski definition) is 0. The number of anilines is 1. The number of hydrogen-bond acceptors (Lipinski definition) is 6. The van der Waals surface area contributed by atoms with Gasteiger partial charge in [-0.3, -0.25) is 9.69 Å². The summed E-state index contributed by atoms with van der Waals surface area (Å²) in [5, 5.41) is 0.545. The van der Waals surface area contributed by atoms with Gasteiger partial charge in [0.25, 0.3) is 0 Å². The van der Waals surface area contributed by atoms with E-state index in [1.807, 2.05) is 49.4 Å². The van der Waals surface area contributed by atoms with Gasteiger partial charge in [-0.1, -0.05) is 47.7 Å². The third kappa shape index (κ3) is 5.39. The predicted molar refractivity (Wildman–Crippen MR) is 146 cm³/mol. The Balaban J connectivity index is 1.40. The van der Waals surface area contributed by atoms with Crippen molar-refractivity contribution in [3.8, 4) is 5.75 Å². The maximum absolute atomic E-state index is 13.9. The number of sulfonamides is 1. The van der Waals surface area contributed by atoms with Crippen LogP contribution in [-0.4, -0.2) is 43.8 Å². The molecule has 0 bridgehead atoms. The van der Waals surface area contributed by atoms with Gasteiger partial charge in [-0.05, 0) is 55.2 Å². The largest absolute Gasteiger partial charge is 0.494 e. The molecule has 1 aliphatic heterocycles. The SMILES string of the molecule is COc1ccc(C)c2sc(N(Cc3ccccc3)C(=O)C3CCN(S(=O)(=O)c4ccc(F)c(F)c4)CC3)nc12. The molecular formula is C28H27F2N3O4S2. The van der Waals surface area contributed by atoms with Crippen LogP contribution in [0, 0.1) is 24.5 Å². The summed E-state index contributed by atoms with van der Waals surface area (Å²) in [6.07, 6.45) is 0.584. The zero-order chi connectivity index (χ0) is 27.7. The Morgan fingerprint density at radius 1 is 1.08 bits per heavy atom. The van der Waals surface area contributed by atoms with Crippen LogP contribution >= 0.6 is 11.3 Å². The summed E-state index contributed by atoms with van der Waals surface area (Å²) >= 11 is 1.42. The van der Waals surface area contributed by atoms with Gasteiger partial charge in [-0.25, -0.2) is 22.2 Å². The number of aryl methyl sites for hydroxylation is 1. The van der Waals surface area contributed by atoms with Gasteiger partial charge in [0.15, 0.2) is 16.8 Å². The minimum atomic E-state index is -4.02. The quantitative estimate of drug-likeness (QED) is 0.292. The highest BCUT2D eigenvalue weighted by molar-refractivity contribution is 7.89. The molecule has 1 saturated heterocycles. The molecule has 0 atom stereocenters. The number of methoxy groups -OCH3 is 1. The zero-order valence-electron chi connectivity index (χ0n) is 21.4. The molecule has 4 aromatic rings. The topological polar surface area (TPSA) is 79.8 Å². The van der Waals surface area contributed by atoms with Crippen LogP contribution < -0.4 is 9.64 Å². The highest BCUT2D eigenvalue weighted by Gasteiger charge is 2.35. The summed E-state index contributed by atoms with van der Waals surface area (Å²) in [5.41, 5.74) is 2.65. The van der Waals surface area contributed by atoms with Crippen LogP contribution in [0.1, 0.15) is 24.0 Å². The van der Waals surface area contributed by atoms with E-state index in [1.54, 1.807) is 12.0 Å². The standard InChI is InChI=1S/C28H27F2N3O4S2/c1-18-8-11-24(37-2)25-26(18)38-28(31-25)33(17-19-6-4-3-5-7-19)27(34)20-12-14-32(15-13-20)39(35,36)21-9-10-22(29)23(30)16-21/h3-11,16,20H,12-15,17H2,1-2H3. The molecule has 0 radical (unpaired) electrons. The average molecular weight is 572 g/mol. The van der Waals surface area contributed by atoms with E-state index >= 15 is 0 Å². The number of nitrogens with zero attached hydrogens (tertiary/aromatic N) is 3. The molecule has 3 aromatic carbocycles. The molecule has 1 fully saturated rings. The number of rotatable bonds is 7. The second-order valence-corrected chi connectivity index (χ2v) is 12.3. The van der Waals surface area contributed by atoms with Crippen LogP contribution in [0.3, 0.4) is 0 Å². The van der Waals surface area contributed by atoms with Crippen molar-refractivity contribution in [2.75, 3.05) is 25.1 Å².